The van der Waals surface area contributed by atoms with Crippen molar-refractivity contribution in [2.24, 2.45) is 11.8 Å². The number of aliphatic hydroxyl groups excluding tert-OH is 1. The van der Waals surface area contributed by atoms with Gasteiger partial charge in [0.2, 0.25) is 0 Å². The molecule has 78 valence electrons. The Morgan fingerprint density at radius 1 is 1.38 bits per heavy atom. The van der Waals surface area contributed by atoms with Gasteiger partial charge in [-0.05, 0) is 38.1 Å². The molecule has 2 unspecified atom stereocenters. The first-order valence-electron chi connectivity index (χ1n) is 5.50. The molecule has 0 bridgehead atoms. The van der Waals surface area contributed by atoms with Crippen LogP contribution in [0.5, 0.6) is 0 Å². The molecule has 2 atom stereocenters. The summed E-state index contributed by atoms with van der Waals surface area (Å²) in [5, 5.41) is 9.10. The number of hydrogen-bond donors (Lipinski definition) is 1. The number of piperidine rings is 1. The fourth-order valence-electron chi connectivity index (χ4n) is 2.04. The summed E-state index contributed by atoms with van der Waals surface area (Å²) in [4.78, 5) is 2.52. The Morgan fingerprint density at radius 2 is 2.08 bits per heavy atom. The van der Waals surface area contributed by atoms with Crippen LogP contribution >= 0.6 is 0 Å². The summed E-state index contributed by atoms with van der Waals surface area (Å²) in [6, 6.07) is 0.661. The van der Waals surface area contributed by atoms with Gasteiger partial charge in [0, 0.05) is 19.2 Å². The fraction of sp³-hybridized carbons (Fsp3) is 1.00. The number of likely N-dealkylation sites (tertiary alicyclic amines) is 1. The topological polar surface area (TPSA) is 23.5 Å². The largest absolute Gasteiger partial charge is 0.396 e. The van der Waals surface area contributed by atoms with Crippen LogP contribution in [0.25, 0.3) is 0 Å². The summed E-state index contributed by atoms with van der Waals surface area (Å²) in [5.41, 5.74) is 0. The van der Waals surface area contributed by atoms with Crippen molar-refractivity contribution in [2.45, 2.75) is 39.7 Å². The van der Waals surface area contributed by atoms with Crippen LogP contribution in [0.3, 0.4) is 0 Å². The third kappa shape index (κ3) is 2.96. The first-order valence-corrected chi connectivity index (χ1v) is 5.50. The van der Waals surface area contributed by atoms with Crippen molar-refractivity contribution >= 4 is 0 Å². The van der Waals surface area contributed by atoms with Crippen LogP contribution in [0.4, 0.5) is 0 Å². The maximum absolute atomic E-state index is 9.10. The second-order valence-corrected chi connectivity index (χ2v) is 4.67. The lowest BCUT2D eigenvalue weighted by atomic mass is 9.95. The third-order valence-corrected chi connectivity index (χ3v) is 3.35. The smallest absolute Gasteiger partial charge is 0.0471 e. The van der Waals surface area contributed by atoms with Gasteiger partial charge in [0.25, 0.3) is 0 Å². The Hall–Kier alpha value is -0.0800. The lowest BCUT2D eigenvalue weighted by Crippen LogP contribution is -2.44. The monoisotopic (exact) mass is 185 g/mol. The number of rotatable bonds is 3. The van der Waals surface area contributed by atoms with Crippen molar-refractivity contribution in [1.29, 1.82) is 0 Å². The molecule has 1 heterocycles. The summed E-state index contributed by atoms with van der Waals surface area (Å²) < 4.78 is 0. The van der Waals surface area contributed by atoms with E-state index in [-0.39, 0.29) is 0 Å². The van der Waals surface area contributed by atoms with Crippen molar-refractivity contribution < 1.29 is 5.11 Å². The molecule has 1 saturated heterocycles. The second-order valence-electron chi connectivity index (χ2n) is 4.67. The van der Waals surface area contributed by atoms with E-state index >= 15 is 0 Å². The molecule has 1 N–H and O–H groups in total. The van der Waals surface area contributed by atoms with Gasteiger partial charge in [-0.25, -0.2) is 0 Å². The summed E-state index contributed by atoms with van der Waals surface area (Å²) in [6.07, 6.45) is 2.46. The van der Waals surface area contributed by atoms with Gasteiger partial charge in [0.15, 0.2) is 0 Å². The zero-order valence-corrected chi connectivity index (χ0v) is 9.16. The highest BCUT2D eigenvalue weighted by Gasteiger charge is 2.24. The fourth-order valence-corrected chi connectivity index (χ4v) is 2.04. The highest BCUT2D eigenvalue weighted by Crippen LogP contribution is 2.20. The highest BCUT2D eigenvalue weighted by atomic mass is 16.3. The highest BCUT2D eigenvalue weighted by molar-refractivity contribution is 4.77. The van der Waals surface area contributed by atoms with Crippen molar-refractivity contribution in [2.75, 3.05) is 19.7 Å². The van der Waals surface area contributed by atoms with Crippen LogP contribution in [0, 0.1) is 11.8 Å². The van der Waals surface area contributed by atoms with Gasteiger partial charge in [-0.3, -0.25) is 0 Å². The Kier molecular flexibility index (Phi) is 4.20. The van der Waals surface area contributed by atoms with Gasteiger partial charge in [-0.2, -0.15) is 0 Å². The predicted octanol–water partition coefficient (Wildman–Crippen LogP) is 1.74. The van der Waals surface area contributed by atoms with Crippen LogP contribution in [-0.2, 0) is 0 Å². The van der Waals surface area contributed by atoms with Gasteiger partial charge in [0.05, 0.1) is 0 Å². The minimum Gasteiger partial charge on any atom is -0.396 e. The molecule has 2 nitrogen and oxygen atoms in total. The van der Waals surface area contributed by atoms with Crippen molar-refractivity contribution in [3.05, 3.63) is 0 Å². The molecule has 1 aliphatic heterocycles. The summed E-state index contributed by atoms with van der Waals surface area (Å²) in [6.45, 7) is 9.51. The van der Waals surface area contributed by atoms with E-state index < -0.39 is 0 Å². The molecule has 0 aromatic carbocycles. The molecule has 13 heavy (non-hydrogen) atoms. The minimum atomic E-state index is 0.362. The molecule has 1 fully saturated rings. The predicted molar refractivity (Wildman–Crippen MR) is 55.7 cm³/mol. The Bertz CT molecular complexity index is 147. The third-order valence-electron chi connectivity index (χ3n) is 3.35. The normalized spacial score (nSPS) is 27.9. The lowest BCUT2D eigenvalue weighted by Gasteiger charge is -2.38. The number of hydrogen-bond acceptors (Lipinski definition) is 2. The molecule has 1 rings (SSSR count). The summed E-state index contributed by atoms with van der Waals surface area (Å²) in [5.74, 6) is 1.24. The van der Waals surface area contributed by atoms with Crippen LogP contribution in [-0.4, -0.2) is 35.7 Å². The van der Waals surface area contributed by atoms with Crippen LogP contribution in [0.15, 0.2) is 0 Å². The van der Waals surface area contributed by atoms with Gasteiger partial charge < -0.3 is 10.0 Å². The van der Waals surface area contributed by atoms with E-state index in [9.17, 15) is 0 Å². The van der Waals surface area contributed by atoms with E-state index in [2.05, 4.69) is 25.7 Å². The Morgan fingerprint density at radius 3 is 2.62 bits per heavy atom. The minimum absolute atomic E-state index is 0.362. The van der Waals surface area contributed by atoms with Gasteiger partial charge >= 0.3 is 0 Å². The summed E-state index contributed by atoms with van der Waals surface area (Å²) in [7, 11) is 0. The van der Waals surface area contributed by atoms with E-state index in [0.29, 0.717) is 18.6 Å². The molecule has 0 saturated carbocycles. The zero-order valence-electron chi connectivity index (χ0n) is 9.16. The maximum Gasteiger partial charge on any atom is 0.0471 e. The molecule has 0 amide bonds. The molecule has 0 radical (unpaired) electrons. The molecular formula is C11H23NO. The molecule has 0 aliphatic carbocycles. The quantitative estimate of drug-likeness (QED) is 0.724. The van der Waals surface area contributed by atoms with Gasteiger partial charge in [-0.15, -0.1) is 0 Å². The summed E-state index contributed by atoms with van der Waals surface area (Å²) >= 11 is 0. The maximum atomic E-state index is 9.10. The van der Waals surface area contributed by atoms with Crippen molar-refractivity contribution in [3.8, 4) is 0 Å². The van der Waals surface area contributed by atoms with Gasteiger partial charge in [-0.1, -0.05) is 13.8 Å². The molecular weight excluding hydrogens is 162 g/mol. The SMILES string of the molecule is CC(C)C(C)N1CCCC(CO)C1. The zero-order chi connectivity index (χ0) is 9.84. The molecule has 2 heteroatoms. The molecule has 0 aromatic rings. The van der Waals surface area contributed by atoms with Crippen molar-refractivity contribution in [3.63, 3.8) is 0 Å². The average Bonchev–Trinajstić information content (AvgIpc) is 2.16. The van der Waals surface area contributed by atoms with E-state index in [1.807, 2.05) is 0 Å². The van der Waals surface area contributed by atoms with E-state index in [1.165, 1.54) is 19.4 Å². The average molecular weight is 185 g/mol. The van der Waals surface area contributed by atoms with Crippen LogP contribution in [0.2, 0.25) is 0 Å². The standard InChI is InChI=1S/C11H23NO/c1-9(2)10(3)12-6-4-5-11(7-12)8-13/h9-11,13H,4-8H2,1-3H3. The second kappa shape index (κ2) is 4.97. The molecule has 0 spiro atoms. The Labute approximate surface area is 81.9 Å². The first kappa shape index (κ1) is 11.0. The van der Waals surface area contributed by atoms with Crippen LogP contribution < -0.4 is 0 Å². The van der Waals surface area contributed by atoms with Gasteiger partial charge in [0.1, 0.15) is 0 Å². The number of nitrogens with zero attached hydrogens (tertiary/aromatic N) is 1. The lowest BCUT2D eigenvalue weighted by molar-refractivity contribution is 0.0770. The Balaban J connectivity index is 2.41. The van der Waals surface area contributed by atoms with Crippen molar-refractivity contribution in [1.82, 2.24) is 4.90 Å². The molecule has 0 aromatic heterocycles. The van der Waals surface area contributed by atoms with E-state index in [1.54, 1.807) is 0 Å². The van der Waals surface area contributed by atoms with E-state index in [4.69, 9.17) is 5.11 Å². The molecule has 1 aliphatic rings. The van der Waals surface area contributed by atoms with Crippen LogP contribution in [0.1, 0.15) is 33.6 Å². The first-order chi connectivity index (χ1) is 6.15. The number of aliphatic hydroxyl groups is 1. The van der Waals surface area contributed by atoms with E-state index in [0.717, 1.165) is 12.5 Å².